The van der Waals surface area contributed by atoms with Crippen molar-refractivity contribution in [2.45, 2.75) is 32.6 Å². The monoisotopic (exact) mass is 261 g/mol. The van der Waals surface area contributed by atoms with Crippen LogP contribution < -0.4 is 0 Å². The van der Waals surface area contributed by atoms with Gasteiger partial charge in [0.15, 0.2) is 0 Å². The van der Waals surface area contributed by atoms with Crippen molar-refractivity contribution in [3.8, 4) is 0 Å². The molecule has 2 aliphatic rings. The van der Waals surface area contributed by atoms with Gasteiger partial charge in [0, 0.05) is 19.0 Å². The van der Waals surface area contributed by atoms with E-state index in [0.29, 0.717) is 6.54 Å². The zero-order chi connectivity index (χ0) is 13.3. The molecule has 18 heavy (non-hydrogen) atoms. The van der Waals surface area contributed by atoms with E-state index in [1.807, 2.05) is 0 Å². The molecule has 1 aliphatic heterocycles. The van der Waals surface area contributed by atoms with Crippen LogP contribution in [-0.4, -0.2) is 42.9 Å². The van der Waals surface area contributed by atoms with Crippen LogP contribution in [-0.2, 0) is 14.3 Å². The SMILES string of the molecule is CCOC(=O)CC(=O)N1CC(C(F)F)C2(CC2)C1. The molecule has 1 atom stereocenters. The maximum atomic E-state index is 12.9. The number of halogens is 2. The summed E-state index contributed by atoms with van der Waals surface area (Å²) in [7, 11) is 0. The molecule has 0 bridgehead atoms. The second-order valence-electron chi connectivity index (χ2n) is 5.06. The number of ether oxygens (including phenoxy) is 1. The van der Waals surface area contributed by atoms with Gasteiger partial charge in [-0.3, -0.25) is 9.59 Å². The summed E-state index contributed by atoms with van der Waals surface area (Å²) in [6.45, 7) is 2.30. The quantitative estimate of drug-likeness (QED) is 0.568. The fourth-order valence-corrected chi connectivity index (χ4v) is 2.67. The molecule has 1 amide bonds. The van der Waals surface area contributed by atoms with E-state index in [0.717, 1.165) is 12.8 Å². The molecule has 2 fully saturated rings. The van der Waals surface area contributed by atoms with Gasteiger partial charge in [0.1, 0.15) is 6.42 Å². The zero-order valence-electron chi connectivity index (χ0n) is 10.3. The van der Waals surface area contributed by atoms with Crippen molar-refractivity contribution in [3.63, 3.8) is 0 Å². The summed E-state index contributed by atoms with van der Waals surface area (Å²) in [6.07, 6.45) is -1.23. The molecule has 1 spiro atoms. The van der Waals surface area contributed by atoms with Gasteiger partial charge in [-0.05, 0) is 25.2 Å². The zero-order valence-corrected chi connectivity index (χ0v) is 10.3. The first-order valence-corrected chi connectivity index (χ1v) is 6.20. The largest absolute Gasteiger partial charge is 0.466 e. The molecule has 1 saturated carbocycles. The van der Waals surface area contributed by atoms with E-state index in [1.165, 1.54) is 4.90 Å². The molecule has 1 heterocycles. The Labute approximate surface area is 104 Å². The molecule has 2 rings (SSSR count). The van der Waals surface area contributed by atoms with Crippen molar-refractivity contribution in [3.05, 3.63) is 0 Å². The molecule has 0 aromatic carbocycles. The Balaban J connectivity index is 1.91. The number of nitrogens with zero attached hydrogens (tertiary/aromatic N) is 1. The molecule has 102 valence electrons. The molecule has 1 aliphatic carbocycles. The first-order chi connectivity index (χ1) is 8.48. The van der Waals surface area contributed by atoms with E-state index in [9.17, 15) is 18.4 Å². The molecular formula is C12H17F2NO3. The minimum Gasteiger partial charge on any atom is -0.466 e. The minimum atomic E-state index is -2.40. The molecule has 1 saturated heterocycles. The number of likely N-dealkylation sites (tertiary alicyclic amines) is 1. The molecule has 0 aromatic heterocycles. The summed E-state index contributed by atoms with van der Waals surface area (Å²) in [5.74, 6) is -1.72. The third-order valence-corrected chi connectivity index (χ3v) is 3.86. The number of carbonyl (C=O) groups is 2. The summed E-state index contributed by atoms with van der Waals surface area (Å²) in [6, 6.07) is 0. The van der Waals surface area contributed by atoms with E-state index >= 15 is 0 Å². The number of carbonyl (C=O) groups excluding carboxylic acids is 2. The molecule has 1 unspecified atom stereocenters. The maximum absolute atomic E-state index is 12.9. The minimum absolute atomic E-state index is 0.0654. The van der Waals surface area contributed by atoms with Gasteiger partial charge in [-0.25, -0.2) is 8.78 Å². The first kappa shape index (κ1) is 13.2. The van der Waals surface area contributed by atoms with Crippen LogP contribution in [0.4, 0.5) is 8.78 Å². The maximum Gasteiger partial charge on any atom is 0.315 e. The third kappa shape index (κ3) is 2.47. The van der Waals surface area contributed by atoms with Gasteiger partial charge in [-0.2, -0.15) is 0 Å². The van der Waals surface area contributed by atoms with Crippen LogP contribution in [0.25, 0.3) is 0 Å². The summed E-state index contributed by atoms with van der Waals surface area (Å²) in [5, 5.41) is 0. The number of alkyl halides is 2. The average Bonchev–Trinajstić information content (AvgIpc) is 2.90. The Morgan fingerprint density at radius 2 is 2.11 bits per heavy atom. The number of hydrogen-bond acceptors (Lipinski definition) is 3. The van der Waals surface area contributed by atoms with Crippen LogP contribution >= 0.6 is 0 Å². The van der Waals surface area contributed by atoms with Gasteiger partial charge in [-0.1, -0.05) is 0 Å². The molecule has 4 nitrogen and oxygen atoms in total. The number of rotatable bonds is 4. The van der Waals surface area contributed by atoms with Crippen molar-refractivity contribution in [1.29, 1.82) is 0 Å². The summed E-state index contributed by atoms with van der Waals surface area (Å²) >= 11 is 0. The highest BCUT2D eigenvalue weighted by Gasteiger charge is 2.58. The number of hydrogen-bond donors (Lipinski definition) is 0. The Bertz CT molecular complexity index is 355. The fourth-order valence-electron chi connectivity index (χ4n) is 2.67. The molecule has 0 aromatic rings. The van der Waals surface area contributed by atoms with Crippen molar-refractivity contribution in [1.82, 2.24) is 4.90 Å². The van der Waals surface area contributed by atoms with E-state index in [1.54, 1.807) is 6.92 Å². The molecule has 0 radical (unpaired) electrons. The van der Waals surface area contributed by atoms with Crippen LogP contribution in [0, 0.1) is 11.3 Å². The lowest BCUT2D eigenvalue weighted by atomic mass is 9.93. The number of esters is 1. The Hall–Kier alpha value is -1.20. The second-order valence-corrected chi connectivity index (χ2v) is 5.06. The van der Waals surface area contributed by atoms with Gasteiger partial charge in [-0.15, -0.1) is 0 Å². The summed E-state index contributed by atoms with van der Waals surface area (Å²) < 4.78 is 30.4. The van der Waals surface area contributed by atoms with E-state index in [4.69, 9.17) is 0 Å². The summed E-state index contributed by atoms with van der Waals surface area (Å²) in [5.41, 5.74) is -0.377. The van der Waals surface area contributed by atoms with Crippen molar-refractivity contribution in [2.24, 2.45) is 11.3 Å². The lowest BCUT2D eigenvalue weighted by molar-refractivity contribution is -0.148. The van der Waals surface area contributed by atoms with Crippen molar-refractivity contribution >= 4 is 11.9 Å². The van der Waals surface area contributed by atoms with Crippen molar-refractivity contribution in [2.75, 3.05) is 19.7 Å². The van der Waals surface area contributed by atoms with Crippen LogP contribution in [0.5, 0.6) is 0 Å². The van der Waals surface area contributed by atoms with E-state index in [2.05, 4.69) is 4.74 Å². The van der Waals surface area contributed by atoms with Gasteiger partial charge in [0.2, 0.25) is 12.3 Å². The summed E-state index contributed by atoms with van der Waals surface area (Å²) in [4.78, 5) is 24.4. The first-order valence-electron chi connectivity index (χ1n) is 6.20. The lowest BCUT2D eigenvalue weighted by Crippen LogP contribution is -2.31. The van der Waals surface area contributed by atoms with Crippen molar-refractivity contribution < 1.29 is 23.1 Å². The standard InChI is InChI=1S/C12H17F2NO3/c1-2-18-10(17)5-9(16)15-6-8(11(13)14)12(7-15)3-4-12/h8,11H,2-7H2,1H3. The number of amides is 1. The van der Waals surface area contributed by atoms with Gasteiger partial charge >= 0.3 is 5.97 Å². The van der Waals surface area contributed by atoms with Gasteiger partial charge < -0.3 is 9.64 Å². The van der Waals surface area contributed by atoms with Crippen LogP contribution in [0.2, 0.25) is 0 Å². The highest BCUT2D eigenvalue weighted by molar-refractivity contribution is 5.94. The molecular weight excluding hydrogens is 244 g/mol. The van der Waals surface area contributed by atoms with Crippen LogP contribution in [0.1, 0.15) is 26.2 Å². The average molecular weight is 261 g/mol. The topological polar surface area (TPSA) is 46.6 Å². The predicted molar refractivity (Wildman–Crippen MR) is 59.0 cm³/mol. The lowest BCUT2D eigenvalue weighted by Gasteiger charge is -2.15. The highest BCUT2D eigenvalue weighted by atomic mass is 19.3. The van der Waals surface area contributed by atoms with Crippen LogP contribution in [0.3, 0.4) is 0 Å². The molecule has 6 heteroatoms. The van der Waals surface area contributed by atoms with Gasteiger partial charge in [0.05, 0.1) is 6.61 Å². The van der Waals surface area contributed by atoms with Gasteiger partial charge in [0.25, 0.3) is 0 Å². The second kappa shape index (κ2) is 4.82. The Morgan fingerprint density at radius 3 is 2.56 bits per heavy atom. The smallest absolute Gasteiger partial charge is 0.315 e. The fraction of sp³-hybridized carbons (Fsp3) is 0.833. The van der Waals surface area contributed by atoms with E-state index in [-0.39, 0.29) is 25.0 Å². The normalized spacial score (nSPS) is 24.7. The predicted octanol–water partition coefficient (Wildman–Crippen LogP) is 1.44. The molecule has 0 N–H and O–H groups in total. The van der Waals surface area contributed by atoms with Crippen LogP contribution in [0.15, 0.2) is 0 Å². The Morgan fingerprint density at radius 1 is 1.44 bits per heavy atom. The Kier molecular flexibility index (Phi) is 3.54. The van der Waals surface area contributed by atoms with E-state index < -0.39 is 24.2 Å². The highest BCUT2D eigenvalue weighted by Crippen LogP contribution is 2.57. The third-order valence-electron chi connectivity index (χ3n) is 3.86.